The second kappa shape index (κ2) is 10.8. The molecule has 0 aliphatic rings. The Bertz CT molecular complexity index is 953. The van der Waals surface area contributed by atoms with Crippen molar-refractivity contribution in [3.8, 4) is 5.75 Å². The molecule has 2 aromatic carbocycles. The number of alkyl halides is 1. The number of ether oxygens (including phenoxy) is 1. The number of rotatable bonds is 11. The summed E-state index contributed by atoms with van der Waals surface area (Å²) in [7, 11) is -4.31. The molecule has 0 aliphatic heterocycles. The Kier molecular flexibility index (Phi) is 8.46. The molecule has 30 heavy (non-hydrogen) atoms. The summed E-state index contributed by atoms with van der Waals surface area (Å²) >= 11 is 0. The molecule has 0 saturated carbocycles. The Morgan fingerprint density at radius 1 is 1.17 bits per heavy atom. The van der Waals surface area contributed by atoms with E-state index in [-0.39, 0.29) is 23.8 Å². The summed E-state index contributed by atoms with van der Waals surface area (Å²) in [5, 5.41) is 9.07. The highest BCUT2D eigenvalue weighted by molar-refractivity contribution is 7.89. The fraction of sp³-hybridized carbons (Fsp3) is 0.250. The first-order chi connectivity index (χ1) is 14.3. The number of carbonyl (C=O) groups excluding carboxylic acids is 1. The molecule has 0 saturated heterocycles. The normalized spacial score (nSPS) is 12.4. The molecule has 0 aromatic heterocycles. The Balaban J connectivity index is 2.47. The van der Waals surface area contributed by atoms with Gasteiger partial charge in [0.1, 0.15) is 25.1 Å². The first-order valence-corrected chi connectivity index (χ1v) is 10.4. The molecular formula is C20H22F2N2O5S. The molecule has 1 amide bonds. The van der Waals surface area contributed by atoms with Crippen LogP contribution < -0.4 is 10.2 Å². The minimum Gasteiger partial charge on any atom is -0.491 e. The molecule has 2 aromatic rings. The maximum atomic E-state index is 13.6. The maximum absolute atomic E-state index is 13.6. The van der Waals surface area contributed by atoms with Crippen LogP contribution in [0.15, 0.2) is 71.9 Å². The highest BCUT2D eigenvalue weighted by Gasteiger charge is 2.36. The smallest absolute Gasteiger partial charge is 0.262 e. The summed E-state index contributed by atoms with van der Waals surface area (Å²) in [5.41, 5.74) is 1.93. The van der Waals surface area contributed by atoms with Crippen LogP contribution in [0.1, 0.15) is 12.0 Å². The van der Waals surface area contributed by atoms with Gasteiger partial charge in [0.05, 0.1) is 10.7 Å². The molecule has 1 atom stereocenters. The Labute approximate surface area is 173 Å². The average molecular weight is 439 g/mol. The van der Waals surface area contributed by atoms with Crippen molar-refractivity contribution < 1.29 is 31.9 Å². The van der Waals surface area contributed by atoms with Crippen molar-refractivity contribution in [3.05, 3.63) is 72.6 Å². The van der Waals surface area contributed by atoms with Crippen molar-refractivity contribution in [1.29, 1.82) is 0 Å². The van der Waals surface area contributed by atoms with Crippen molar-refractivity contribution in [2.75, 3.05) is 13.3 Å². The molecule has 0 heterocycles. The number of nitrogens with one attached hydrogen (secondary N) is 1. The first-order valence-electron chi connectivity index (χ1n) is 8.91. The van der Waals surface area contributed by atoms with E-state index in [0.29, 0.717) is 5.56 Å². The molecule has 0 radical (unpaired) electrons. The van der Waals surface area contributed by atoms with Gasteiger partial charge in [-0.25, -0.2) is 22.7 Å². The molecule has 0 fully saturated rings. The van der Waals surface area contributed by atoms with Crippen LogP contribution in [0.25, 0.3) is 0 Å². The van der Waals surface area contributed by atoms with Gasteiger partial charge in [0.15, 0.2) is 0 Å². The number of halogens is 2. The lowest BCUT2D eigenvalue weighted by molar-refractivity contribution is -0.133. The van der Waals surface area contributed by atoms with E-state index in [0.717, 1.165) is 4.31 Å². The van der Waals surface area contributed by atoms with Crippen molar-refractivity contribution >= 4 is 15.9 Å². The van der Waals surface area contributed by atoms with Gasteiger partial charge in [0.2, 0.25) is 10.0 Å². The summed E-state index contributed by atoms with van der Waals surface area (Å²) in [4.78, 5) is 12.0. The molecule has 0 aliphatic carbocycles. The lowest BCUT2D eigenvalue weighted by atomic mass is 10.1. The van der Waals surface area contributed by atoms with Crippen LogP contribution in [0, 0.1) is 0 Å². The minimum absolute atomic E-state index is 0.177. The zero-order valence-electron chi connectivity index (χ0n) is 16.0. The van der Waals surface area contributed by atoms with E-state index >= 15 is 0 Å². The van der Waals surface area contributed by atoms with Crippen LogP contribution in [-0.2, 0) is 21.4 Å². The Morgan fingerprint density at radius 2 is 1.80 bits per heavy atom. The van der Waals surface area contributed by atoms with Gasteiger partial charge in [-0.2, -0.15) is 4.31 Å². The van der Waals surface area contributed by atoms with E-state index in [1.807, 2.05) is 0 Å². The maximum Gasteiger partial charge on any atom is 0.262 e. The summed E-state index contributed by atoms with van der Waals surface area (Å²) in [6, 6.07) is 12.0. The van der Waals surface area contributed by atoms with E-state index < -0.39 is 40.9 Å². The Morgan fingerprint density at radius 3 is 2.33 bits per heavy atom. The predicted molar refractivity (Wildman–Crippen MR) is 106 cm³/mol. The number of benzene rings is 2. The topological polar surface area (TPSA) is 95.9 Å². The van der Waals surface area contributed by atoms with E-state index in [9.17, 15) is 22.0 Å². The third kappa shape index (κ3) is 6.09. The highest BCUT2D eigenvalue weighted by atomic mass is 32.2. The molecule has 162 valence electrons. The van der Waals surface area contributed by atoms with E-state index in [2.05, 4.69) is 6.58 Å². The van der Waals surface area contributed by atoms with Crippen LogP contribution in [0.4, 0.5) is 8.78 Å². The summed E-state index contributed by atoms with van der Waals surface area (Å²) in [6.07, 6.45) is -0.643. The molecule has 0 spiro atoms. The monoisotopic (exact) mass is 439 g/mol. The third-order valence-corrected chi connectivity index (χ3v) is 6.00. The number of sulfonamides is 1. The van der Waals surface area contributed by atoms with Gasteiger partial charge in [-0.3, -0.25) is 10.0 Å². The SMILES string of the molecule is C=C(F)C[C@@H](C(=O)NO)N(Cc1ccccc1)S(=O)(=O)c1ccc(OCC[18F])cc1. The van der Waals surface area contributed by atoms with Gasteiger partial charge in [0.25, 0.3) is 5.91 Å². The zero-order chi connectivity index (χ0) is 22.1. The number of hydrogen-bond acceptors (Lipinski definition) is 5. The standard InChI is InChI=1S/C20H22F2N2O5S/c1-15(22)13-19(20(25)23-26)24(14-16-5-3-2-4-6-16)30(27,28)18-9-7-17(8-10-18)29-12-11-21/h2-10,19,26H,1,11-14H2,(H,23,25)/t19-/m0/s1/i21-1. The highest BCUT2D eigenvalue weighted by Crippen LogP contribution is 2.26. The second-order valence-corrected chi connectivity index (χ2v) is 8.15. The molecule has 10 heteroatoms. The van der Waals surface area contributed by atoms with Crippen LogP contribution in [0.3, 0.4) is 0 Å². The van der Waals surface area contributed by atoms with Gasteiger partial charge >= 0.3 is 0 Å². The van der Waals surface area contributed by atoms with Crippen LogP contribution in [-0.4, -0.2) is 43.2 Å². The molecule has 7 nitrogen and oxygen atoms in total. The zero-order valence-corrected chi connectivity index (χ0v) is 16.8. The van der Waals surface area contributed by atoms with Gasteiger partial charge < -0.3 is 4.74 Å². The first kappa shape index (κ1) is 23.5. The fourth-order valence-corrected chi connectivity index (χ4v) is 4.31. The molecular weight excluding hydrogens is 417 g/mol. The van der Waals surface area contributed by atoms with Crippen molar-refractivity contribution in [1.82, 2.24) is 9.79 Å². The van der Waals surface area contributed by atoms with Gasteiger partial charge in [0, 0.05) is 13.0 Å². The summed E-state index contributed by atoms with van der Waals surface area (Å²) in [5.74, 6) is -1.76. The van der Waals surface area contributed by atoms with E-state index in [1.165, 1.54) is 29.7 Å². The number of hydrogen-bond donors (Lipinski definition) is 2. The second-order valence-electron chi connectivity index (χ2n) is 6.26. The summed E-state index contributed by atoms with van der Waals surface area (Å²) in [6.45, 7) is 1.97. The Hall–Kier alpha value is -2.82. The molecule has 0 unspecified atom stereocenters. The van der Waals surface area contributed by atoms with Crippen LogP contribution >= 0.6 is 0 Å². The van der Waals surface area contributed by atoms with Gasteiger partial charge in [-0.1, -0.05) is 36.9 Å². The largest absolute Gasteiger partial charge is 0.491 e. The van der Waals surface area contributed by atoms with Crippen molar-refractivity contribution in [2.45, 2.75) is 23.9 Å². The van der Waals surface area contributed by atoms with Crippen molar-refractivity contribution in [3.63, 3.8) is 0 Å². The lowest BCUT2D eigenvalue weighted by Gasteiger charge is -2.29. The summed E-state index contributed by atoms with van der Waals surface area (Å²) < 4.78 is 58.3. The van der Waals surface area contributed by atoms with Crippen molar-refractivity contribution in [2.24, 2.45) is 0 Å². The van der Waals surface area contributed by atoms with Gasteiger partial charge in [-0.15, -0.1) is 0 Å². The minimum atomic E-state index is -4.31. The number of hydroxylamine groups is 1. The lowest BCUT2D eigenvalue weighted by Crippen LogP contribution is -2.48. The average Bonchev–Trinajstić information content (AvgIpc) is 2.74. The molecule has 2 rings (SSSR count). The molecule has 2 N–H and O–H groups in total. The molecule has 0 bridgehead atoms. The predicted octanol–water partition coefficient (Wildman–Crippen LogP) is 2.97. The fourth-order valence-electron chi connectivity index (χ4n) is 2.74. The number of carbonyl (C=O) groups is 1. The van der Waals surface area contributed by atoms with E-state index in [4.69, 9.17) is 9.94 Å². The quantitative estimate of drug-likeness (QED) is 0.415. The van der Waals surface area contributed by atoms with Crippen LogP contribution in [0.5, 0.6) is 5.75 Å². The number of amides is 1. The van der Waals surface area contributed by atoms with Gasteiger partial charge in [-0.05, 0) is 29.8 Å². The number of nitrogens with zero attached hydrogens (tertiary/aromatic N) is 1. The van der Waals surface area contributed by atoms with E-state index in [1.54, 1.807) is 30.3 Å². The van der Waals surface area contributed by atoms with Crippen LogP contribution in [0.2, 0.25) is 0 Å². The third-order valence-electron chi connectivity index (χ3n) is 4.13.